The van der Waals surface area contributed by atoms with E-state index in [9.17, 15) is 4.79 Å². The number of hydrogen-bond acceptors (Lipinski definition) is 2. The largest absolute Gasteiger partial charge is 1.00 e. The molecule has 5 heteroatoms. The van der Waals surface area contributed by atoms with Gasteiger partial charge in [-0.3, -0.25) is 4.79 Å². The summed E-state index contributed by atoms with van der Waals surface area (Å²) in [5, 5.41) is 2.95. The number of nitrogens with two attached hydrogens (primary N) is 1. The molecule has 0 heterocycles. The third-order valence-corrected chi connectivity index (χ3v) is 2.91. The number of nitrogens with zero attached hydrogens (tertiary/aromatic N) is 1. The molecule has 1 amide bonds. The van der Waals surface area contributed by atoms with Crippen LogP contribution in [0.5, 0.6) is 0 Å². The van der Waals surface area contributed by atoms with E-state index in [0.717, 1.165) is 6.42 Å². The van der Waals surface area contributed by atoms with Crippen LogP contribution in [0.1, 0.15) is 20.3 Å². The van der Waals surface area contributed by atoms with E-state index in [2.05, 4.69) is 46.5 Å². The van der Waals surface area contributed by atoms with Gasteiger partial charge < -0.3 is 27.9 Å². The second kappa shape index (κ2) is 10.1. The van der Waals surface area contributed by atoms with Crippen molar-refractivity contribution in [2.24, 2.45) is 5.73 Å². The molecule has 0 aliphatic heterocycles. The lowest BCUT2D eigenvalue weighted by Gasteiger charge is -2.43. The Morgan fingerprint density at radius 3 is 1.94 bits per heavy atom. The fourth-order valence-corrected chi connectivity index (χ4v) is 1.05. The third kappa shape index (κ3) is 8.28. The van der Waals surface area contributed by atoms with Crippen molar-refractivity contribution in [3.05, 3.63) is 25.3 Å². The molecule has 1 unspecified atom stereocenters. The van der Waals surface area contributed by atoms with Gasteiger partial charge in [-0.2, -0.15) is 0 Å². The normalized spacial score (nSPS) is 13.0. The van der Waals surface area contributed by atoms with Crippen molar-refractivity contribution in [3.8, 4) is 0 Å². The Bertz CT molecular complexity index is 261. The van der Waals surface area contributed by atoms with Gasteiger partial charge in [-0.05, 0) is 6.08 Å². The van der Waals surface area contributed by atoms with E-state index in [1.807, 2.05) is 6.92 Å². The second-order valence-electron chi connectivity index (χ2n) is 4.86. The van der Waals surface area contributed by atoms with Gasteiger partial charge >= 0.3 is 0 Å². The predicted molar refractivity (Wildman–Crippen MR) is 74.3 cm³/mol. The number of quaternary nitrogens is 1. The second-order valence-corrected chi connectivity index (χ2v) is 4.86. The van der Waals surface area contributed by atoms with Gasteiger partial charge in [0.05, 0.1) is 21.1 Å². The van der Waals surface area contributed by atoms with Gasteiger partial charge in [-0.25, -0.2) is 0 Å². The van der Waals surface area contributed by atoms with Gasteiger partial charge in [-0.15, -0.1) is 6.58 Å². The summed E-state index contributed by atoms with van der Waals surface area (Å²) in [6.45, 7) is 11.5. The van der Waals surface area contributed by atoms with Crippen molar-refractivity contribution < 1.29 is 21.7 Å². The topological polar surface area (TPSA) is 55.1 Å². The Hall–Kier alpha value is -0.840. The van der Waals surface area contributed by atoms with E-state index in [1.54, 1.807) is 6.08 Å². The van der Waals surface area contributed by atoms with Crippen LogP contribution in [0.3, 0.4) is 0 Å². The quantitative estimate of drug-likeness (QED) is 0.271. The van der Waals surface area contributed by atoms with Crippen LogP contribution in [0.4, 0.5) is 0 Å². The molecule has 0 aromatic carbocycles. The fraction of sp³-hybridized carbons (Fsp3) is 0.615. The lowest BCUT2D eigenvalue weighted by Crippen LogP contribution is -3.00. The van der Waals surface area contributed by atoms with Crippen LogP contribution in [0, 0.1) is 0 Å². The summed E-state index contributed by atoms with van der Waals surface area (Å²) >= 11 is 0. The van der Waals surface area contributed by atoms with Crippen LogP contribution in [0.25, 0.3) is 0 Å². The van der Waals surface area contributed by atoms with Crippen molar-refractivity contribution in [1.29, 1.82) is 0 Å². The maximum atomic E-state index is 11.2. The first kappa shape index (κ1) is 22.3. The standard InChI is InChI=1S/C10H20N2O.C3H7N.ClH/c1-7-9(13)11-10(3,8-2)12(4,5)6;1-2-3-4;/h7H,1,8H2,2-6H3;2H,1,3-4H2;1H. The molecular weight excluding hydrogens is 250 g/mol. The Morgan fingerprint density at radius 1 is 1.39 bits per heavy atom. The van der Waals surface area contributed by atoms with Crippen LogP contribution < -0.4 is 23.5 Å². The first-order valence-corrected chi connectivity index (χ1v) is 5.75. The average molecular weight is 278 g/mol. The first-order chi connectivity index (χ1) is 7.68. The molecule has 0 spiro atoms. The summed E-state index contributed by atoms with van der Waals surface area (Å²) in [6, 6.07) is 0. The highest BCUT2D eigenvalue weighted by molar-refractivity contribution is 5.87. The van der Waals surface area contributed by atoms with Gasteiger partial charge in [0.25, 0.3) is 0 Å². The Kier molecular flexibility index (Phi) is 12.6. The summed E-state index contributed by atoms with van der Waals surface area (Å²) in [4.78, 5) is 11.2. The molecule has 0 aromatic rings. The lowest BCUT2D eigenvalue weighted by atomic mass is 10.1. The fourth-order valence-electron chi connectivity index (χ4n) is 1.05. The van der Waals surface area contributed by atoms with E-state index < -0.39 is 0 Å². The summed E-state index contributed by atoms with van der Waals surface area (Å²) in [5.74, 6) is -0.114. The van der Waals surface area contributed by atoms with E-state index >= 15 is 0 Å². The minimum Gasteiger partial charge on any atom is -1.00 e. The molecule has 0 saturated heterocycles. The SMILES string of the molecule is C=CC(=O)NC(C)(CC)[N+](C)(C)C.C=CCN.[Cl-]. The van der Waals surface area contributed by atoms with E-state index in [4.69, 9.17) is 5.73 Å². The average Bonchev–Trinajstić information content (AvgIpc) is 2.27. The zero-order chi connectivity index (χ0) is 14.1. The zero-order valence-corrected chi connectivity index (χ0v) is 13.0. The van der Waals surface area contributed by atoms with Gasteiger partial charge in [0.1, 0.15) is 0 Å². The molecule has 0 fully saturated rings. The van der Waals surface area contributed by atoms with Crippen LogP contribution in [-0.4, -0.2) is 43.7 Å². The number of hydrogen-bond donors (Lipinski definition) is 2. The minimum atomic E-state index is -0.231. The van der Waals surface area contributed by atoms with E-state index in [-0.39, 0.29) is 24.0 Å². The number of halogens is 1. The molecule has 0 aliphatic carbocycles. The molecule has 0 saturated carbocycles. The van der Waals surface area contributed by atoms with Gasteiger partial charge in [0.2, 0.25) is 5.91 Å². The van der Waals surface area contributed by atoms with Crippen LogP contribution in [0.15, 0.2) is 25.3 Å². The molecule has 3 N–H and O–H groups in total. The molecule has 1 atom stereocenters. The van der Waals surface area contributed by atoms with Crippen molar-refractivity contribution in [2.75, 3.05) is 27.7 Å². The molecule has 0 radical (unpaired) electrons. The number of carbonyl (C=O) groups is 1. The van der Waals surface area contributed by atoms with Crippen molar-refractivity contribution in [2.45, 2.75) is 25.9 Å². The predicted octanol–water partition coefficient (Wildman–Crippen LogP) is -1.74. The van der Waals surface area contributed by atoms with Crippen molar-refractivity contribution >= 4 is 5.91 Å². The van der Waals surface area contributed by atoms with Gasteiger partial charge in [-0.1, -0.05) is 19.6 Å². The highest BCUT2D eigenvalue weighted by atomic mass is 35.5. The van der Waals surface area contributed by atoms with E-state index in [0.29, 0.717) is 11.0 Å². The van der Waals surface area contributed by atoms with Crippen LogP contribution in [0.2, 0.25) is 0 Å². The molecule has 0 bridgehead atoms. The smallest absolute Gasteiger partial charge is 0.248 e. The Morgan fingerprint density at radius 2 is 1.78 bits per heavy atom. The maximum Gasteiger partial charge on any atom is 0.248 e. The molecule has 4 nitrogen and oxygen atoms in total. The molecule has 0 rings (SSSR count). The summed E-state index contributed by atoms with van der Waals surface area (Å²) in [5.41, 5.74) is 4.68. The maximum absolute atomic E-state index is 11.2. The van der Waals surface area contributed by atoms with Crippen LogP contribution >= 0.6 is 0 Å². The molecule has 108 valence electrons. The number of nitrogens with one attached hydrogen (secondary N) is 1. The number of amides is 1. The lowest BCUT2D eigenvalue weighted by molar-refractivity contribution is -0.924. The third-order valence-electron chi connectivity index (χ3n) is 2.91. The Labute approximate surface area is 118 Å². The molecular formula is C13H28ClN3O. The molecule has 18 heavy (non-hydrogen) atoms. The zero-order valence-electron chi connectivity index (χ0n) is 12.3. The van der Waals surface area contributed by atoms with E-state index in [1.165, 1.54) is 6.08 Å². The highest BCUT2D eigenvalue weighted by Gasteiger charge is 2.36. The molecule has 0 aromatic heterocycles. The molecule has 0 aliphatic rings. The number of rotatable bonds is 5. The van der Waals surface area contributed by atoms with Gasteiger partial charge in [0, 0.05) is 19.9 Å². The summed E-state index contributed by atoms with van der Waals surface area (Å²) in [7, 11) is 6.19. The highest BCUT2D eigenvalue weighted by Crippen LogP contribution is 2.18. The van der Waals surface area contributed by atoms with Gasteiger partial charge in [0.15, 0.2) is 5.66 Å². The number of carbonyl (C=O) groups excluding carboxylic acids is 1. The summed E-state index contributed by atoms with van der Waals surface area (Å²) in [6.07, 6.45) is 3.85. The monoisotopic (exact) mass is 277 g/mol. The Balaban J connectivity index is -0.000000392. The summed E-state index contributed by atoms with van der Waals surface area (Å²) < 4.78 is 0.698. The first-order valence-electron chi connectivity index (χ1n) is 5.75. The minimum absolute atomic E-state index is 0. The van der Waals surface area contributed by atoms with Crippen molar-refractivity contribution in [1.82, 2.24) is 5.32 Å². The van der Waals surface area contributed by atoms with Crippen molar-refractivity contribution in [3.63, 3.8) is 0 Å². The van der Waals surface area contributed by atoms with Crippen LogP contribution in [-0.2, 0) is 4.79 Å².